The summed E-state index contributed by atoms with van der Waals surface area (Å²) in [5, 5.41) is 17.8. The highest BCUT2D eigenvalue weighted by atomic mass is 16.5. The van der Waals surface area contributed by atoms with Gasteiger partial charge in [-0.2, -0.15) is 5.26 Å². The zero-order valence-electron chi connectivity index (χ0n) is 15.7. The first-order valence-electron chi connectivity index (χ1n) is 8.61. The maximum absolute atomic E-state index is 10.9. The lowest BCUT2D eigenvalue weighted by Gasteiger charge is -2.22. The molecule has 0 fully saturated rings. The van der Waals surface area contributed by atoms with E-state index in [2.05, 4.69) is 26.8 Å². The van der Waals surface area contributed by atoms with Crippen LogP contribution >= 0.6 is 0 Å². The van der Waals surface area contributed by atoms with Crippen molar-refractivity contribution < 1.29 is 19.4 Å². The van der Waals surface area contributed by atoms with Crippen LogP contribution in [-0.2, 0) is 10.2 Å². The maximum Gasteiger partial charge on any atom is 0.346 e. The summed E-state index contributed by atoms with van der Waals surface area (Å²) < 4.78 is 11.6. The normalized spacial score (nSPS) is 11.6. The van der Waals surface area contributed by atoms with E-state index in [1.165, 1.54) is 6.08 Å². The largest absolute Gasteiger partial charge is 0.490 e. The Bertz CT molecular complexity index is 872. The van der Waals surface area contributed by atoms with E-state index in [4.69, 9.17) is 19.8 Å². The number of para-hydroxylation sites is 1. The maximum atomic E-state index is 10.9. The highest BCUT2D eigenvalue weighted by Crippen LogP contribution is 2.30. The summed E-state index contributed by atoms with van der Waals surface area (Å²) in [7, 11) is 0. The van der Waals surface area contributed by atoms with E-state index in [1.807, 2.05) is 18.2 Å². The predicted molar refractivity (Wildman–Crippen MR) is 104 cm³/mol. The van der Waals surface area contributed by atoms with Crippen LogP contribution in [0.2, 0.25) is 0 Å². The van der Waals surface area contributed by atoms with E-state index < -0.39 is 5.97 Å². The SMILES string of the molecule is CC(C)(C)c1ccccc1OCCOc1cccc(C=C(C#N)C(=O)O)c1. The molecule has 0 unspecified atom stereocenters. The van der Waals surface area contributed by atoms with Gasteiger partial charge in [0.15, 0.2) is 0 Å². The van der Waals surface area contributed by atoms with Crippen LogP contribution < -0.4 is 9.47 Å². The first-order chi connectivity index (χ1) is 12.8. The molecule has 2 aromatic rings. The summed E-state index contributed by atoms with van der Waals surface area (Å²) >= 11 is 0. The van der Waals surface area contributed by atoms with Crippen LogP contribution in [0.1, 0.15) is 31.9 Å². The third-order valence-electron chi connectivity index (χ3n) is 3.82. The van der Waals surface area contributed by atoms with Crippen molar-refractivity contribution in [2.24, 2.45) is 0 Å². The molecule has 0 aliphatic carbocycles. The third-order valence-corrected chi connectivity index (χ3v) is 3.82. The molecule has 0 bridgehead atoms. The van der Waals surface area contributed by atoms with Crippen molar-refractivity contribution in [2.75, 3.05) is 13.2 Å². The number of benzene rings is 2. The number of nitriles is 1. The molecule has 0 aliphatic heterocycles. The van der Waals surface area contributed by atoms with Crippen LogP contribution in [0.15, 0.2) is 54.1 Å². The Morgan fingerprint density at radius 1 is 1.11 bits per heavy atom. The highest BCUT2D eigenvalue weighted by Gasteiger charge is 2.18. The summed E-state index contributed by atoms with van der Waals surface area (Å²) in [6, 6.07) is 16.5. The molecule has 0 heterocycles. The molecular weight excluding hydrogens is 342 g/mol. The quantitative estimate of drug-likeness (QED) is 0.446. The molecule has 140 valence electrons. The predicted octanol–water partition coefficient (Wildman–Crippen LogP) is 4.43. The molecule has 2 rings (SSSR count). The second-order valence-electron chi connectivity index (χ2n) is 6.99. The van der Waals surface area contributed by atoms with Gasteiger partial charge in [0.05, 0.1) is 0 Å². The number of nitrogens with zero attached hydrogens (tertiary/aromatic N) is 1. The minimum Gasteiger partial charge on any atom is -0.490 e. The Labute approximate surface area is 159 Å². The second kappa shape index (κ2) is 8.91. The van der Waals surface area contributed by atoms with Crippen LogP contribution in [0, 0.1) is 11.3 Å². The lowest BCUT2D eigenvalue weighted by molar-refractivity contribution is -0.132. The Morgan fingerprint density at radius 3 is 2.48 bits per heavy atom. The summed E-state index contributed by atoms with van der Waals surface area (Å²) in [5.74, 6) is 0.166. The van der Waals surface area contributed by atoms with Gasteiger partial charge in [-0.15, -0.1) is 0 Å². The second-order valence-corrected chi connectivity index (χ2v) is 6.99. The zero-order chi connectivity index (χ0) is 19.9. The Hall–Kier alpha value is -3.26. The number of aliphatic carboxylic acids is 1. The number of carboxylic acid groups (broad SMARTS) is 1. The van der Waals surface area contributed by atoms with E-state index in [0.29, 0.717) is 24.5 Å². The molecular formula is C22H23NO4. The molecule has 0 aromatic heterocycles. The molecule has 5 heteroatoms. The van der Waals surface area contributed by atoms with Gasteiger partial charge in [0.1, 0.15) is 36.4 Å². The molecule has 0 atom stereocenters. The molecule has 0 spiro atoms. The summed E-state index contributed by atoms with van der Waals surface area (Å²) in [5.41, 5.74) is 1.38. The lowest BCUT2D eigenvalue weighted by atomic mass is 9.86. The summed E-state index contributed by atoms with van der Waals surface area (Å²) in [6.07, 6.45) is 1.31. The molecule has 1 N–H and O–H groups in total. The molecule has 2 aromatic carbocycles. The molecule has 0 radical (unpaired) electrons. The van der Waals surface area contributed by atoms with E-state index >= 15 is 0 Å². The lowest BCUT2D eigenvalue weighted by Crippen LogP contribution is -2.15. The molecule has 5 nitrogen and oxygen atoms in total. The Kier molecular flexibility index (Phi) is 6.62. The van der Waals surface area contributed by atoms with Crippen LogP contribution in [-0.4, -0.2) is 24.3 Å². The van der Waals surface area contributed by atoms with Crippen LogP contribution in [0.25, 0.3) is 6.08 Å². The van der Waals surface area contributed by atoms with Crippen molar-refractivity contribution in [2.45, 2.75) is 26.2 Å². The minimum atomic E-state index is -1.25. The molecule has 0 aliphatic rings. The van der Waals surface area contributed by atoms with Gasteiger partial charge in [0.2, 0.25) is 0 Å². The van der Waals surface area contributed by atoms with E-state index in [0.717, 1.165) is 11.3 Å². The first kappa shape index (κ1) is 20.1. The van der Waals surface area contributed by atoms with Gasteiger partial charge >= 0.3 is 5.97 Å². The number of carboxylic acids is 1. The first-order valence-corrected chi connectivity index (χ1v) is 8.61. The fourth-order valence-corrected chi connectivity index (χ4v) is 2.53. The van der Waals surface area contributed by atoms with Gasteiger partial charge in [-0.05, 0) is 40.8 Å². The van der Waals surface area contributed by atoms with Crippen LogP contribution in [0.5, 0.6) is 11.5 Å². The van der Waals surface area contributed by atoms with Gasteiger partial charge < -0.3 is 14.6 Å². The number of rotatable bonds is 7. The van der Waals surface area contributed by atoms with Crippen molar-refractivity contribution in [3.8, 4) is 17.6 Å². The van der Waals surface area contributed by atoms with Crippen LogP contribution in [0.4, 0.5) is 0 Å². The van der Waals surface area contributed by atoms with Crippen molar-refractivity contribution in [1.82, 2.24) is 0 Å². The zero-order valence-corrected chi connectivity index (χ0v) is 15.7. The smallest absolute Gasteiger partial charge is 0.346 e. The Morgan fingerprint density at radius 2 is 1.81 bits per heavy atom. The average molecular weight is 365 g/mol. The molecule has 0 saturated heterocycles. The van der Waals surface area contributed by atoms with Crippen molar-refractivity contribution in [3.63, 3.8) is 0 Å². The topological polar surface area (TPSA) is 79.5 Å². The van der Waals surface area contributed by atoms with Gasteiger partial charge in [0, 0.05) is 0 Å². The number of carbonyl (C=O) groups is 1. The van der Waals surface area contributed by atoms with Crippen molar-refractivity contribution in [3.05, 3.63) is 65.2 Å². The standard InChI is InChI=1S/C22H23NO4/c1-22(2,3)19-9-4-5-10-20(19)27-12-11-26-18-8-6-7-16(14-18)13-17(15-23)21(24)25/h4-10,13-14H,11-12H2,1-3H3,(H,24,25). The number of hydrogen-bond donors (Lipinski definition) is 1. The minimum absolute atomic E-state index is 0.0132. The van der Waals surface area contributed by atoms with Crippen LogP contribution in [0.3, 0.4) is 0 Å². The third kappa shape index (κ3) is 5.89. The molecule has 0 amide bonds. The van der Waals surface area contributed by atoms with Gasteiger partial charge in [-0.1, -0.05) is 51.1 Å². The molecule has 0 saturated carbocycles. The summed E-state index contributed by atoms with van der Waals surface area (Å²) in [4.78, 5) is 10.9. The number of hydrogen-bond acceptors (Lipinski definition) is 4. The molecule has 27 heavy (non-hydrogen) atoms. The fraction of sp³-hybridized carbons (Fsp3) is 0.273. The summed E-state index contributed by atoms with van der Waals surface area (Å²) in [6.45, 7) is 7.13. The van der Waals surface area contributed by atoms with E-state index in [-0.39, 0.29) is 11.0 Å². The van der Waals surface area contributed by atoms with E-state index in [9.17, 15) is 4.79 Å². The fourth-order valence-electron chi connectivity index (χ4n) is 2.53. The van der Waals surface area contributed by atoms with Gasteiger partial charge in [0.25, 0.3) is 0 Å². The Balaban J connectivity index is 1.97. The highest BCUT2D eigenvalue weighted by molar-refractivity contribution is 5.96. The van der Waals surface area contributed by atoms with E-state index in [1.54, 1.807) is 30.3 Å². The van der Waals surface area contributed by atoms with Gasteiger partial charge in [-0.25, -0.2) is 4.79 Å². The average Bonchev–Trinajstić information content (AvgIpc) is 2.63. The van der Waals surface area contributed by atoms with Crippen molar-refractivity contribution in [1.29, 1.82) is 5.26 Å². The number of ether oxygens (including phenoxy) is 2. The van der Waals surface area contributed by atoms with Crippen molar-refractivity contribution >= 4 is 12.0 Å². The van der Waals surface area contributed by atoms with Gasteiger partial charge in [-0.3, -0.25) is 0 Å². The monoisotopic (exact) mass is 365 g/mol.